The topological polar surface area (TPSA) is 58.2 Å². The number of rotatable bonds is 2. The summed E-state index contributed by atoms with van der Waals surface area (Å²) in [6.07, 6.45) is 0. The number of benzene rings is 1. The molecule has 0 saturated carbocycles. The van der Waals surface area contributed by atoms with E-state index in [1.807, 2.05) is 0 Å². The fourth-order valence-corrected chi connectivity index (χ4v) is 2.33. The van der Waals surface area contributed by atoms with Gasteiger partial charge >= 0.3 is 0 Å². The molecular formula is C11H11FN2O2S. The van der Waals surface area contributed by atoms with E-state index in [4.69, 9.17) is 0 Å². The number of carbonyl (C=O) groups excluding carboxylic acids is 2. The van der Waals surface area contributed by atoms with Crippen LogP contribution in [0.3, 0.4) is 0 Å². The van der Waals surface area contributed by atoms with Gasteiger partial charge in [0.2, 0.25) is 11.8 Å². The molecule has 1 unspecified atom stereocenters. The number of halogens is 1. The quantitative estimate of drug-likeness (QED) is 0.827. The molecule has 6 heteroatoms. The van der Waals surface area contributed by atoms with E-state index in [2.05, 4.69) is 10.6 Å². The first-order valence-corrected chi connectivity index (χ1v) is 6.25. The number of thioether (sulfide) groups is 1. The van der Waals surface area contributed by atoms with Crippen LogP contribution in [-0.4, -0.2) is 29.4 Å². The van der Waals surface area contributed by atoms with Crippen molar-refractivity contribution in [3.8, 4) is 0 Å². The predicted molar refractivity (Wildman–Crippen MR) is 64.3 cm³/mol. The van der Waals surface area contributed by atoms with E-state index in [-0.39, 0.29) is 11.6 Å². The molecular weight excluding hydrogens is 243 g/mol. The van der Waals surface area contributed by atoms with Gasteiger partial charge in [0.25, 0.3) is 0 Å². The molecule has 0 aliphatic carbocycles. The van der Waals surface area contributed by atoms with E-state index in [1.54, 1.807) is 12.1 Å². The number of nitrogens with one attached hydrogen (secondary N) is 2. The Morgan fingerprint density at radius 2 is 2.24 bits per heavy atom. The highest BCUT2D eigenvalue weighted by atomic mass is 32.2. The summed E-state index contributed by atoms with van der Waals surface area (Å²) in [6, 6.07) is 5.33. The van der Waals surface area contributed by atoms with Crippen molar-refractivity contribution in [2.45, 2.75) is 6.04 Å². The molecule has 2 N–H and O–H groups in total. The molecule has 1 aromatic rings. The molecule has 1 fully saturated rings. The molecule has 2 amide bonds. The van der Waals surface area contributed by atoms with Gasteiger partial charge in [0.05, 0.1) is 11.4 Å². The van der Waals surface area contributed by atoms with Crippen molar-refractivity contribution in [3.05, 3.63) is 30.1 Å². The van der Waals surface area contributed by atoms with Gasteiger partial charge in [0, 0.05) is 5.75 Å². The Kier molecular flexibility index (Phi) is 3.63. The lowest BCUT2D eigenvalue weighted by Crippen LogP contribution is -2.49. The van der Waals surface area contributed by atoms with Gasteiger partial charge in [-0.25, -0.2) is 4.39 Å². The smallest absolute Gasteiger partial charge is 0.247 e. The molecule has 4 nitrogen and oxygen atoms in total. The number of anilines is 1. The maximum Gasteiger partial charge on any atom is 0.247 e. The van der Waals surface area contributed by atoms with Gasteiger partial charge in [0.15, 0.2) is 0 Å². The zero-order valence-corrected chi connectivity index (χ0v) is 9.72. The molecule has 0 bridgehead atoms. The second kappa shape index (κ2) is 5.18. The summed E-state index contributed by atoms with van der Waals surface area (Å²) in [6.45, 7) is 0. The van der Waals surface area contributed by atoms with E-state index in [0.717, 1.165) is 0 Å². The van der Waals surface area contributed by atoms with Crippen LogP contribution in [0, 0.1) is 5.82 Å². The van der Waals surface area contributed by atoms with Crippen LogP contribution < -0.4 is 10.6 Å². The van der Waals surface area contributed by atoms with Crippen LogP contribution in [0.5, 0.6) is 0 Å². The zero-order chi connectivity index (χ0) is 12.3. The summed E-state index contributed by atoms with van der Waals surface area (Å²) in [5.74, 6) is -0.184. The Bertz CT molecular complexity index is 453. The zero-order valence-electron chi connectivity index (χ0n) is 8.90. The largest absolute Gasteiger partial charge is 0.343 e. The van der Waals surface area contributed by atoms with Gasteiger partial charge in [-0.3, -0.25) is 9.59 Å². The first-order valence-electron chi connectivity index (χ1n) is 5.09. The van der Waals surface area contributed by atoms with Crippen molar-refractivity contribution in [2.75, 3.05) is 16.8 Å². The van der Waals surface area contributed by atoms with Crippen molar-refractivity contribution in [1.82, 2.24) is 5.32 Å². The molecule has 2 rings (SSSR count). The molecule has 1 atom stereocenters. The molecule has 1 aliphatic heterocycles. The number of hydrogen-bond acceptors (Lipinski definition) is 3. The van der Waals surface area contributed by atoms with Crippen LogP contribution in [0.15, 0.2) is 24.3 Å². The van der Waals surface area contributed by atoms with Gasteiger partial charge in [-0.05, 0) is 12.1 Å². The lowest BCUT2D eigenvalue weighted by molar-refractivity contribution is -0.124. The monoisotopic (exact) mass is 254 g/mol. The van der Waals surface area contributed by atoms with Gasteiger partial charge in [-0.2, -0.15) is 0 Å². The van der Waals surface area contributed by atoms with Gasteiger partial charge < -0.3 is 10.6 Å². The fraction of sp³-hybridized carbons (Fsp3) is 0.273. The van der Waals surface area contributed by atoms with E-state index in [0.29, 0.717) is 11.5 Å². The maximum atomic E-state index is 13.3. The van der Waals surface area contributed by atoms with Crippen molar-refractivity contribution in [1.29, 1.82) is 0 Å². The molecule has 1 heterocycles. The van der Waals surface area contributed by atoms with Crippen LogP contribution in [-0.2, 0) is 9.59 Å². The summed E-state index contributed by atoms with van der Waals surface area (Å²) < 4.78 is 13.3. The second-order valence-corrected chi connectivity index (χ2v) is 4.63. The number of hydrogen-bond donors (Lipinski definition) is 2. The third-order valence-corrected chi connectivity index (χ3v) is 3.34. The molecule has 0 aromatic heterocycles. The SMILES string of the molecule is O=C1CSCC(C(=O)Nc2ccccc2F)N1. The van der Waals surface area contributed by atoms with Crippen LogP contribution in [0.1, 0.15) is 0 Å². The molecule has 1 saturated heterocycles. The van der Waals surface area contributed by atoms with Crippen LogP contribution in [0.25, 0.3) is 0 Å². The van der Waals surface area contributed by atoms with Crippen LogP contribution in [0.2, 0.25) is 0 Å². The van der Waals surface area contributed by atoms with Crippen LogP contribution in [0.4, 0.5) is 10.1 Å². The summed E-state index contributed by atoms with van der Waals surface area (Å²) in [5, 5.41) is 5.02. The third-order valence-electron chi connectivity index (χ3n) is 2.30. The van der Waals surface area contributed by atoms with Crippen molar-refractivity contribution in [3.63, 3.8) is 0 Å². The molecule has 90 valence electrons. The normalized spacial score (nSPS) is 19.6. The van der Waals surface area contributed by atoms with Crippen molar-refractivity contribution in [2.24, 2.45) is 0 Å². The molecule has 0 radical (unpaired) electrons. The second-order valence-electron chi connectivity index (χ2n) is 3.60. The molecule has 1 aromatic carbocycles. The van der Waals surface area contributed by atoms with Crippen molar-refractivity contribution >= 4 is 29.3 Å². The van der Waals surface area contributed by atoms with Gasteiger partial charge in [-0.1, -0.05) is 12.1 Å². The van der Waals surface area contributed by atoms with E-state index < -0.39 is 17.8 Å². The average molecular weight is 254 g/mol. The first kappa shape index (κ1) is 11.9. The standard InChI is InChI=1S/C11H11FN2O2S/c12-7-3-1-2-4-8(7)14-11(16)9-5-17-6-10(15)13-9/h1-4,9H,5-6H2,(H,13,15)(H,14,16). The molecule has 1 aliphatic rings. The Morgan fingerprint density at radius 3 is 2.94 bits per heavy atom. The Balaban J connectivity index is 2.02. The van der Waals surface area contributed by atoms with E-state index in [1.165, 1.54) is 23.9 Å². The average Bonchev–Trinajstić information content (AvgIpc) is 2.32. The minimum Gasteiger partial charge on any atom is -0.343 e. The Morgan fingerprint density at radius 1 is 1.47 bits per heavy atom. The lowest BCUT2D eigenvalue weighted by atomic mass is 10.2. The number of amides is 2. The highest BCUT2D eigenvalue weighted by Gasteiger charge is 2.25. The van der Waals surface area contributed by atoms with Gasteiger partial charge in [0.1, 0.15) is 11.9 Å². The third kappa shape index (κ3) is 2.97. The minimum atomic E-state index is -0.596. The predicted octanol–water partition coefficient (Wildman–Crippen LogP) is 0.996. The maximum absolute atomic E-state index is 13.3. The number of para-hydroxylation sites is 1. The first-order chi connectivity index (χ1) is 8.16. The van der Waals surface area contributed by atoms with Crippen molar-refractivity contribution < 1.29 is 14.0 Å². The summed E-state index contributed by atoms with van der Waals surface area (Å²) in [4.78, 5) is 22.9. The summed E-state index contributed by atoms with van der Waals surface area (Å²) in [5.41, 5.74) is 0.127. The van der Waals surface area contributed by atoms with E-state index >= 15 is 0 Å². The molecule has 0 spiro atoms. The fourth-order valence-electron chi connectivity index (χ4n) is 1.47. The van der Waals surface area contributed by atoms with Crippen LogP contribution >= 0.6 is 11.8 Å². The summed E-state index contributed by atoms with van der Waals surface area (Å²) in [7, 11) is 0. The lowest BCUT2D eigenvalue weighted by Gasteiger charge is -2.22. The Hall–Kier alpha value is -1.56. The van der Waals surface area contributed by atoms with E-state index in [9.17, 15) is 14.0 Å². The summed E-state index contributed by atoms with van der Waals surface area (Å²) >= 11 is 1.39. The Labute approximate surface area is 102 Å². The highest BCUT2D eigenvalue weighted by molar-refractivity contribution is 8.00. The van der Waals surface area contributed by atoms with Gasteiger partial charge in [-0.15, -0.1) is 11.8 Å². The highest BCUT2D eigenvalue weighted by Crippen LogP contribution is 2.14. The molecule has 17 heavy (non-hydrogen) atoms. The number of carbonyl (C=O) groups is 2. The minimum absolute atomic E-state index is 0.127.